The maximum atomic E-state index is 13.4. The number of hydrogen-bond acceptors (Lipinski definition) is 4. The van der Waals surface area contributed by atoms with E-state index >= 15 is 0 Å². The Morgan fingerprint density at radius 1 is 1.37 bits per heavy atom. The average Bonchev–Trinajstić information content (AvgIpc) is 2.40. The molecule has 0 saturated carbocycles. The monoisotopic (exact) mass is 263 g/mol. The van der Waals surface area contributed by atoms with Crippen molar-refractivity contribution in [3.8, 4) is 0 Å². The molecule has 0 spiro atoms. The van der Waals surface area contributed by atoms with Gasteiger partial charge in [-0.15, -0.1) is 0 Å². The predicted octanol–water partition coefficient (Wildman–Crippen LogP) is 2.73. The second-order valence-corrected chi connectivity index (χ2v) is 4.90. The van der Waals surface area contributed by atoms with Gasteiger partial charge in [0.05, 0.1) is 5.52 Å². The van der Waals surface area contributed by atoms with Gasteiger partial charge in [0.2, 0.25) is 0 Å². The van der Waals surface area contributed by atoms with Crippen LogP contribution in [0.2, 0.25) is 0 Å². The molecule has 0 saturated heterocycles. The molecule has 0 aliphatic carbocycles. The summed E-state index contributed by atoms with van der Waals surface area (Å²) in [6, 6.07) is 4.44. The summed E-state index contributed by atoms with van der Waals surface area (Å²) in [5, 5.41) is 13.1. The summed E-state index contributed by atoms with van der Waals surface area (Å²) >= 11 is 0. The standard InChI is InChI=1S/C14H18FN3O/c1-3-14(2,6-7-19)18-13-11-8-10(15)4-5-12(11)16-9-17-13/h4-5,8-9,19H,3,6-7H2,1-2H3,(H,16,17,18). The number of aliphatic hydroxyl groups is 1. The number of rotatable bonds is 5. The zero-order valence-corrected chi connectivity index (χ0v) is 11.2. The predicted molar refractivity (Wildman–Crippen MR) is 73.5 cm³/mol. The Bertz CT molecular complexity index is 576. The van der Waals surface area contributed by atoms with Crippen LogP contribution in [0.4, 0.5) is 10.2 Å². The van der Waals surface area contributed by atoms with E-state index in [0.29, 0.717) is 23.1 Å². The molecular formula is C14H18FN3O. The lowest BCUT2D eigenvalue weighted by Gasteiger charge is -2.30. The fourth-order valence-corrected chi connectivity index (χ4v) is 1.99. The number of benzene rings is 1. The molecule has 2 N–H and O–H groups in total. The summed E-state index contributed by atoms with van der Waals surface area (Å²) in [5.74, 6) is 0.285. The van der Waals surface area contributed by atoms with Crippen LogP contribution in [0.3, 0.4) is 0 Å². The van der Waals surface area contributed by atoms with E-state index in [9.17, 15) is 4.39 Å². The van der Waals surface area contributed by atoms with Crippen LogP contribution in [-0.4, -0.2) is 27.2 Å². The van der Waals surface area contributed by atoms with E-state index in [1.54, 1.807) is 6.07 Å². The van der Waals surface area contributed by atoms with Crippen molar-refractivity contribution in [1.82, 2.24) is 9.97 Å². The normalized spacial score (nSPS) is 14.3. The van der Waals surface area contributed by atoms with E-state index in [2.05, 4.69) is 15.3 Å². The number of fused-ring (bicyclic) bond motifs is 1. The number of anilines is 1. The van der Waals surface area contributed by atoms with Crippen molar-refractivity contribution in [2.75, 3.05) is 11.9 Å². The fourth-order valence-electron chi connectivity index (χ4n) is 1.99. The first kappa shape index (κ1) is 13.7. The van der Waals surface area contributed by atoms with Gasteiger partial charge >= 0.3 is 0 Å². The summed E-state index contributed by atoms with van der Waals surface area (Å²) in [6.45, 7) is 4.14. The molecule has 0 aliphatic heterocycles. The minimum Gasteiger partial charge on any atom is -0.396 e. The summed E-state index contributed by atoms with van der Waals surface area (Å²) in [5.41, 5.74) is 0.420. The number of aliphatic hydroxyl groups excluding tert-OH is 1. The van der Waals surface area contributed by atoms with Gasteiger partial charge in [-0.1, -0.05) is 6.92 Å². The molecule has 1 unspecified atom stereocenters. The molecule has 5 heteroatoms. The zero-order valence-electron chi connectivity index (χ0n) is 11.2. The van der Waals surface area contributed by atoms with Crippen molar-refractivity contribution >= 4 is 16.7 Å². The van der Waals surface area contributed by atoms with E-state index in [1.165, 1.54) is 18.5 Å². The Morgan fingerprint density at radius 2 is 2.16 bits per heavy atom. The maximum absolute atomic E-state index is 13.4. The molecule has 0 radical (unpaired) electrons. The molecule has 1 heterocycles. The Kier molecular flexibility index (Phi) is 3.95. The van der Waals surface area contributed by atoms with Gasteiger partial charge in [-0.3, -0.25) is 0 Å². The molecule has 0 amide bonds. The zero-order chi connectivity index (χ0) is 13.9. The molecule has 0 bridgehead atoms. The third-order valence-corrected chi connectivity index (χ3v) is 3.46. The molecule has 1 atom stereocenters. The molecule has 1 aromatic heterocycles. The second kappa shape index (κ2) is 5.48. The maximum Gasteiger partial charge on any atom is 0.137 e. The minimum absolute atomic E-state index is 0.0920. The quantitative estimate of drug-likeness (QED) is 0.871. The molecule has 102 valence electrons. The van der Waals surface area contributed by atoms with Gasteiger partial charge in [-0.25, -0.2) is 14.4 Å². The molecule has 4 nitrogen and oxygen atoms in total. The van der Waals surface area contributed by atoms with Crippen molar-refractivity contribution in [3.63, 3.8) is 0 Å². The van der Waals surface area contributed by atoms with E-state index in [4.69, 9.17) is 5.11 Å². The fraction of sp³-hybridized carbons (Fsp3) is 0.429. The van der Waals surface area contributed by atoms with Gasteiger partial charge in [0.15, 0.2) is 0 Å². The first-order valence-electron chi connectivity index (χ1n) is 6.37. The number of hydrogen-bond donors (Lipinski definition) is 2. The molecule has 19 heavy (non-hydrogen) atoms. The molecule has 1 aromatic carbocycles. The lowest BCUT2D eigenvalue weighted by molar-refractivity contribution is 0.252. The van der Waals surface area contributed by atoms with Gasteiger partial charge < -0.3 is 10.4 Å². The molecule has 0 fully saturated rings. The van der Waals surface area contributed by atoms with Crippen LogP contribution in [0, 0.1) is 5.82 Å². The second-order valence-electron chi connectivity index (χ2n) is 4.90. The van der Waals surface area contributed by atoms with E-state index < -0.39 is 0 Å². The van der Waals surface area contributed by atoms with Crippen LogP contribution >= 0.6 is 0 Å². The van der Waals surface area contributed by atoms with Crippen LogP contribution in [-0.2, 0) is 0 Å². The third kappa shape index (κ3) is 2.98. The highest BCUT2D eigenvalue weighted by Crippen LogP contribution is 2.26. The highest BCUT2D eigenvalue weighted by atomic mass is 19.1. The van der Waals surface area contributed by atoms with Gasteiger partial charge in [-0.2, -0.15) is 0 Å². The minimum atomic E-state index is -0.314. The van der Waals surface area contributed by atoms with Crippen LogP contribution in [0.5, 0.6) is 0 Å². The molecule has 2 aromatic rings. The summed E-state index contributed by atoms with van der Waals surface area (Å²) < 4.78 is 13.4. The van der Waals surface area contributed by atoms with E-state index in [1.807, 2.05) is 13.8 Å². The average molecular weight is 263 g/mol. The van der Waals surface area contributed by atoms with Crippen molar-refractivity contribution < 1.29 is 9.50 Å². The number of aromatic nitrogens is 2. The smallest absolute Gasteiger partial charge is 0.137 e. The van der Waals surface area contributed by atoms with E-state index in [-0.39, 0.29) is 18.0 Å². The Hall–Kier alpha value is -1.75. The van der Waals surface area contributed by atoms with Crippen molar-refractivity contribution in [3.05, 3.63) is 30.3 Å². The number of halogens is 1. The summed E-state index contributed by atoms with van der Waals surface area (Å²) in [7, 11) is 0. The lowest BCUT2D eigenvalue weighted by atomic mass is 9.94. The van der Waals surface area contributed by atoms with Crippen molar-refractivity contribution in [2.24, 2.45) is 0 Å². The van der Waals surface area contributed by atoms with Crippen molar-refractivity contribution in [2.45, 2.75) is 32.2 Å². The largest absolute Gasteiger partial charge is 0.396 e. The summed E-state index contributed by atoms with van der Waals surface area (Å²) in [6.07, 6.45) is 2.89. The summed E-state index contributed by atoms with van der Waals surface area (Å²) in [4.78, 5) is 8.31. The Morgan fingerprint density at radius 3 is 2.84 bits per heavy atom. The topological polar surface area (TPSA) is 58.0 Å². The number of nitrogens with zero attached hydrogens (tertiary/aromatic N) is 2. The highest BCUT2D eigenvalue weighted by molar-refractivity contribution is 5.89. The first-order valence-corrected chi connectivity index (χ1v) is 6.37. The Labute approximate surface area is 111 Å². The van der Waals surface area contributed by atoms with Crippen LogP contribution in [0.1, 0.15) is 26.7 Å². The molecule has 2 rings (SSSR count). The van der Waals surface area contributed by atoms with Crippen LogP contribution in [0.15, 0.2) is 24.5 Å². The van der Waals surface area contributed by atoms with Gasteiger partial charge in [0, 0.05) is 17.5 Å². The molecule has 0 aliphatic rings. The third-order valence-electron chi connectivity index (χ3n) is 3.46. The Balaban J connectivity index is 2.42. The first-order chi connectivity index (χ1) is 9.08. The van der Waals surface area contributed by atoms with Gasteiger partial charge in [-0.05, 0) is 38.0 Å². The molecular weight excluding hydrogens is 245 g/mol. The van der Waals surface area contributed by atoms with Crippen molar-refractivity contribution in [1.29, 1.82) is 0 Å². The van der Waals surface area contributed by atoms with Gasteiger partial charge in [0.25, 0.3) is 0 Å². The van der Waals surface area contributed by atoms with Gasteiger partial charge in [0.1, 0.15) is 18.0 Å². The van der Waals surface area contributed by atoms with Crippen LogP contribution < -0.4 is 5.32 Å². The highest BCUT2D eigenvalue weighted by Gasteiger charge is 2.22. The lowest BCUT2D eigenvalue weighted by Crippen LogP contribution is -2.35. The van der Waals surface area contributed by atoms with Crippen LogP contribution in [0.25, 0.3) is 10.9 Å². The number of nitrogens with one attached hydrogen (secondary N) is 1. The SMILES string of the molecule is CCC(C)(CCO)Nc1ncnc2ccc(F)cc12. The van der Waals surface area contributed by atoms with E-state index in [0.717, 1.165) is 6.42 Å².